The van der Waals surface area contributed by atoms with Crippen molar-refractivity contribution in [2.45, 2.75) is 25.6 Å². The van der Waals surface area contributed by atoms with Crippen LogP contribution in [0.25, 0.3) is 10.2 Å². The molecule has 0 spiro atoms. The Kier molecular flexibility index (Phi) is 6.70. The van der Waals surface area contributed by atoms with E-state index < -0.39 is 0 Å². The van der Waals surface area contributed by atoms with Crippen LogP contribution in [0.3, 0.4) is 0 Å². The number of amides is 2. The standard InChI is InChI=1S/C21H23N3O2S2/c1-14-8-10-16(11-9-14)22-19(25)13-27-15(2)21(26)24(3)12-20-23-17-6-4-5-7-18(17)28-20/h4-11,15H,12-13H2,1-3H3,(H,22,25)/t15-/m0/s1. The molecule has 2 aromatic carbocycles. The second-order valence-electron chi connectivity index (χ2n) is 6.64. The highest BCUT2D eigenvalue weighted by Gasteiger charge is 2.20. The molecule has 2 amide bonds. The predicted molar refractivity (Wildman–Crippen MR) is 118 cm³/mol. The number of thiazole rings is 1. The minimum Gasteiger partial charge on any atom is -0.338 e. The van der Waals surface area contributed by atoms with Crippen LogP contribution in [0.4, 0.5) is 5.69 Å². The van der Waals surface area contributed by atoms with Crippen LogP contribution in [0.5, 0.6) is 0 Å². The zero-order valence-electron chi connectivity index (χ0n) is 16.1. The van der Waals surface area contributed by atoms with Crippen molar-refractivity contribution in [1.29, 1.82) is 0 Å². The normalized spacial score (nSPS) is 12.0. The summed E-state index contributed by atoms with van der Waals surface area (Å²) in [7, 11) is 1.78. The van der Waals surface area contributed by atoms with Crippen molar-refractivity contribution in [2.24, 2.45) is 0 Å². The minimum absolute atomic E-state index is 0.00704. The molecule has 3 rings (SSSR count). The van der Waals surface area contributed by atoms with Crippen molar-refractivity contribution in [3.63, 3.8) is 0 Å². The summed E-state index contributed by atoms with van der Waals surface area (Å²) in [6.45, 7) is 4.30. The van der Waals surface area contributed by atoms with Gasteiger partial charge in [0.1, 0.15) is 5.01 Å². The molecule has 7 heteroatoms. The molecule has 0 aliphatic rings. The van der Waals surface area contributed by atoms with Gasteiger partial charge in [0.05, 0.1) is 27.8 Å². The Morgan fingerprint density at radius 1 is 1.18 bits per heavy atom. The fraction of sp³-hybridized carbons (Fsp3) is 0.286. The Bertz CT molecular complexity index is 936. The van der Waals surface area contributed by atoms with Gasteiger partial charge in [0.15, 0.2) is 0 Å². The van der Waals surface area contributed by atoms with E-state index >= 15 is 0 Å². The van der Waals surface area contributed by atoms with E-state index in [4.69, 9.17) is 0 Å². The molecule has 1 aromatic heterocycles. The second-order valence-corrected chi connectivity index (χ2v) is 9.08. The number of hydrogen-bond donors (Lipinski definition) is 1. The Morgan fingerprint density at radius 3 is 2.61 bits per heavy atom. The number of thioether (sulfide) groups is 1. The Morgan fingerprint density at radius 2 is 1.89 bits per heavy atom. The zero-order chi connectivity index (χ0) is 20.1. The van der Waals surface area contributed by atoms with Crippen molar-refractivity contribution in [3.05, 3.63) is 59.1 Å². The zero-order valence-corrected chi connectivity index (χ0v) is 17.8. The summed E-state index contributed by atoms with van der Waals surface area (Å²) in [6, 6.07) is 15.6. The fourth-order valence-electron chi connectivity index (χ4n) is 2.68. The highest BCUT2D eigenvalue weighted by molar-refractivity contribution is 8.01. The van der Waals surface area contributed by atoms with Gasteiger partial charge in [-0.15, -0.1) is 23.1 Å². The molecule has 0 bridgehead atoms. The summed E-state index contributed by atoms with van der Waals surface area (Å²) in [4.78, 5) is 31.0. The Balaban J connectivity index is 1.48. The highest BCUT2D eigenvalue weighted by Crippen LogP contribution is 2.23. The number of hydrogen-bond acceptors (Lipinski definition) is 5. The Labute approximate surface area is 173 Å². The summed E-state index contributed by atoms with van der Waals surface area (Å²) in [5.41, 5.74) is 2.87. The van der Waals surface area contributed by atoms with Crippen LogP contribution in [0, 0.1) is 6.92 Å². The van der Waals surface area contributed by atoms with Gasteiger partial charge in [-0.1, -0.05) is 29.8 Å². The van der Waals surface area contributed by atoms with Crippen LogP contribution in [0.2, 0.25) is 0 Å². The SMILES string of the molecule is Cc1ccc(NC(=O)CS[C@@H](C)C(=O)N(C)Cc2nc3ccccc3s2)cc1. The second kappa shape index (κ2) is 9.21. The molecule has 0 saturated heterocycles. The molecule has 5 nitrogen and oxygen atoms in total. The lowest BCUT2D eigenvalue weighted by molar-refractivity contribution is -0.129. The maximum absolute atomic E-state index is 12.6. The quantitative estimate of drug-likeness (QED) is 0.626. The van der Waals surface area contributed by atoms with Crippen molar-refractivity contribution in [2.75, 3.05) is 18.1 Å². The molecule has 0 radical (unpaired) electrons. The first-order valence-electron chi connectivity index (χ1n) is 9.00. The first-order valence-corrected chi connectivity index (χ1v) is 10.9. The molecule has 3 aromatic rings. The van der Waals surface area contributed by atoms with E-state index in [9.17, 15) is 9.59 Å². The molecule has 146 valence electrons. The number of fused-ring (bicyclic) bond motifs is 1. The summed E-state index contributed by atoms with van der Waals surface area (Å²) in [6.07, 6.45) is 0. The van der Waals surface area contributed by atoms with Crippen molar-refractivity contribution < 1.29 is 9.59 Å². The molecule has 28 heavy (non-hydrogen) atoms. The van der Waals surface area contributed by atoms with E-state index in [1.165, 1.54) is 11.8 Å². The largest absolute Gasteiger partial charge is 0.338 e. The van der Waals surface area contributed by atoms with Crippen LogP contribution in [0.1, 0.15) is 17.5 Å². The number of aromatic nitrogens is 1. The third-order valence-electron chi connectivity index (χ3n) is 4.23. The third kappa shape index (κ3) is 5.33. The summed E-state index contributed by atoms with van der Waals surface area (Å²) >= 11 is 2.94. The fourth-order valence-corrected chi connectivity index (χ4v) is 4.50. The lowest BCUT2D eigenvalue weighted by atomic mass is 10.2. The van der Waals surface area contributed by atoms with Crippen LogP contribution < -0.4 is 5.32 Å². The van der Waals surface area contributed by atoms with E-state index in [0.29, 0.717) is 6.54 Å². The molecule has 0 aliphatic carbocycles. The van der Waals surface area contributed by atoms with Gasteiger partial charge in [0.2, 0.25) is 11.8 Å². The van der Waals surface area contributed by atoms with Crippen LogP contribution in [-0.2, 0) is 16.1 Å². The number of benzene rings is 2. The lowest BCUT2D eigenvalue weighted by Crippen LogP contribution is -2.33. The van der Waals surface area contributed by atoms with Gasteiger partial charge in [0.25, 0.3) is 0 Å². The first-order chi connectivity index (χ1) is 13.4. The number of nitrogens with zero attached hydrogens (tertiary/aromatic N) is 2. The van der Waals surface area contributed by atoms with Gasteiger partial charge in [-0.25, -0.2) is 4.98 Å². The van der Waals surface area contributed by atoms with Crippen LogP contribution in [0.15, 0.2) is 48.5 Å². The van der Waals surface area contributed by atoms with Crippen molar-refractivity contribution in [1.82, 2.24) is 9.88 Å². The molecule has 1 atom stereocenters. The van der Waals surface area contributed by atoms with Gasteiger partial charge >= 0.3 is 0 Å². The monoisotopic (exact) mass is 413 g/mol. The van der Waals surface area contributed by atoms with E-state index in [-0.39, 0.29) is 22.8 Å². The van der Waals surface area contributed by atoms with Crippen molar-refractivity contribution >= 4 is 50.8 Å². The maximum Gasteiger partial charge on any atom is 0.235 e. The number of aryl methyl sites for hydroxylation is 1. The topological polar surface area (TPSA) is 62.3 Å². The van der Waals surface area contributed by atoms with E-state index in [2.05, 4.69) is 10.3 Å². The smallest absolute Gasteiger partial charge is 0.235 e. The summed E-state index contributed by atoms with van der Waals surface area (Å²) in [5, 5.41) is 3.46. The Hall–Kier alpha value is -2.38. The third-order valence-corrected chi connectivity index (χ3v) is 6.39. The molecule has 0 aliphatic heterocycles. The van der Waals surface area contributed by atoms with E-state index in [0.717, 1.165) is 26.5 Å². The molecular weight excluding hydrogens is 390 g/mol. The van der Waals surface area contributed by atoms with Crippen LogP contribution >= 0.6 is 23.1 Å². The molecule has 0 fully saturated rings. The highest BCUT2D eigenvalue weighted by atomic mass is 32.2. The molecule has 1 N–H and O–H groups in total. The maximum atomic E-state index is 12.6. The van der Waals surface area contributed by atoms with Gasteiger partial charge in [-0.05, 0) is 38.1 Å². The lowest BCUT2D eigenvalue weighted by Gasteiger charge is -2.20. The van der Waals surface area contributed by atoms with Crippen molar-refractivity contribution in [3.8, 4) is 0 Å². The molecular formula is C21H23N3O2S2. The van der Waals surface area contributed by atoms with E-state index in [1.807, 2.05) is 62.4 Å². The number of rotatable bonds is 7. The average Bonchev–Trinajstić information content (AvgIpc) is 3.09. The molecule has 0 unspecified atom stereocenters. The van der Waals surface area contributed by atoms with Crippen LogP contribution in [-0.4, -0.2) is 39.7 Å². The number of para-hydroxylation sites is 1. The predicted octanol–water partition coefficient (Wildman–Crippen LogP) is 4.32. The number of carbonyl (C=O) groups excluding carboxylic acids is 2. The average molecular weight is 414 g/mol. The summed E-state index contributed by atoms with van der Waals surface area (Å²) < 4.78 is 1.12. The van der Waals surface area contributed by atoms with E-state index in [1.54, 1.807) is 23.3 Å². The first kappa shape index (κ1) is 20.4. The minimum atomic E-state index is -0.303. The number of nitrogens with one attached hydrogen (secondary N) is 1. The van der Waals surface area contributed by atoms with Gasteiger partial charge in [0, 0.05) is 12.7 Å². The number of anilines is 1. The van der Waals surface area contributed by atoms with Gasteiger partial charge in [-0.3, -0.25) is 9.59 Å². The molecule has 0 saturated carbocycles. The summed E-state index contributed by atoms with van der Waals surface area (Å²) in [5.74, 6) is 0.116. The molecule has 1 heterocycles. The number of carbonyl (C=O) groups is 2. The van der Waals surface area contributed by atoms with Gasteiger partial charge < -0.3 is 10.2 Å². The van der Waals surface area contributed by atoms with Gasteiger partial charge in [-0.2, -0.15) is 0 Å².